The summed E-state index contributed by atoms with van der Waals surface area (Å²) in [5.41, 5.74) is 4.36. The normalized spacial score (nSPS) is 10.4. The van der Waals surface area contributed by atoms with E-state index in [4.69, 9.17) is 14.2 Å². The second-order valence-electron chi connectivity index (χ2n) is 5.75. The topological polar surface area (TPSA) is 98.2 Å². The standard InChI is InChI=1S/C20H23N3O5/c1-13-7-5-6-8-15(13)20(25)21-12-18(24)23-22-11-14-9-16(26-2)19(28-4)17(10-14)27-3/h5-11H,12H2,1-4H3,(H,21,25)(H,23,24)/b22-11-. The molecule has 0 aromatic heterocycles. The van der Waals surface area contributed by atoms with E-state index < -0.39 is 5.91 Å². The van der Waals surface area contributed by atoms with Gasteiger partial charge in [0.15, 0.2) is 11.5 Å². The van der Waals surface area contributed by atoms with Crippen molar-refractivity contribution in [3.63, 3.8) is 0 Å². The number of amides is 2. The van der Waals surface area contributed by atoms with Crippen LogP contribution in [0.3, 0.4) is 0 Å². The molecule has 0 heterocycles. The van der Waals surface area contributed by atoms with Gasteiger partial charge in [-0.2, -0.15) is 5.10 Å². The molecule has 2 N–H and O–H groups in total. The van der Waals surface area contributed by atoms with Gasteiger partial charge in [0.1, 0.15) is 0 Å². The summed E-state index contributed by atoms with van der Waals surface area (Å²) in [6.07, 6.45) is 1.44. The Balaban J connectivity index is 1.94. The molecule has 28 heavy (non-hydrogen) atoms. The number of hydrazone groups is 1. The second-order valence-corrected chi connectivity index (χ2v) is 5.75. The minimum absolute atomic E-state index is 0.195. The predicted molar refractivity (Wildman–Crippen MR) is 105 cm³/mol. The fourth-order valence-corrected chi connectivity index (χ4v) is 2.48. The Kier molecular flexibility index (Phi) is 7.38. The third kappa shape index (κ3) is 5.23. The van der Waals surface area contributed by atoms with Gasteiger partial charge in [0.05, 0.1) is 34.1 Å². The van der Waals surface area contributed by atoms with E-state index in [1.165, 1.54) is 27.5 Å². The number of hydrogen-bond acceptors (Lipinski definition) is 6. The van der Waals surface area contributed by atoms with Crippen LogP contribution >= 0.6 is 0 Å². The Morgan fingerprint density at radius 3 is 2.25 bits per heavy atom. The Morgan fingerprint density at radius 1 is 1.04 bits per heavy atom. The van der Waals surface area contributed by atoms with Crippen LogP contribution in [0.25, 0.3) is 0 Å². The Hall–Kier alpha value is -3.55. The number of aryl methyl sites for hydroxylation is 1. The van der Waals surface area contributed by atoms with Crippen molar-refractivity contribution in [2.75, 3.05) is 27.9 Å². The molecule has 0 atom stereocenters. The molecule has 0 bridgehead atoms. The summed E-state index contributed by atoms with van der Waals surface area (Å²) in [7, 11) is 4.54. The summed E-state index contributed by atoms with van der Waals surface area (Å²) in [6.45, 7) is 1.64. The summed E-state index contributed by atoms with van der Waals surface area (Å²) in [5.74, 6) is 0.637. The maximum atomic E-state index is 12.1. The number of ether oxygens (including phenoxy) is 3. The van der Waals surface area contributed by atoms with Gasteiger partial charge in [-0.15, -0.1) is 0 Å². The zero-order valence-electron chi connectivity index (χ0n) is 16.2. The van der Waals surface area contributed by atoms with Gasteiger partial charge in [-0.1, -0.05) is 18.2 Å². The third-order valence-corrected chi connectivity index (χ3v) is 3.89. The number of carbonyl (C=O) groups excluding carboxylic acids is 2. The first-order chi connectivity index (χ1) is 13.5. The lowest BCUT2D eigenvalue weighted by molar-refractivity contribution is -0.120. The molecule has 2 aromatic rings. The van der Waals surface area contributed by atoms with Crippen LogP contribution in [-0.2, 0) is 4.79 Å². The van der Waals surface area contributed by atoms with E-state index in [1.807, 2.05) is 19.1 Å². The van der Waals surface area contributed by atoms with Crippen LogP contribution in [0.4, 0.5) is 0 Å². The molecule has 0 fully saturated rings. The fourth-order valence-electron chi connectivity index (χ4n) is 2.48. The van der Waals surface area contributed by atoms with Crippen molar-refractivity contribution in [2.24, 2.45) is 5.10 Å². The SMILES string of the molecule is COc1cc(/C=N\NC(=O)CNC(=O)c2ccccc2C)cc(OC)c1OC. The summed E-state index contributed by atoms with van der Waals surface area (Å²) in [4.78, 5) is 24.0. The molecule has 0 radical (unpaired) electrons. The van der Waals surface area contributed by atoms with Crippen LogP contribution in [0.15, 0.2) is 41.5 Å². The summed E-state index contributed by atoms with van der Waals surface area (Å²) in [6, 6.07) is 10.5. The van der Waals surface area contributed by atoms with Crippen LogP contribution in [-0.4, -0.2) is 45.9 Å². The molecule has 0 spiro atoms. The average molecular weight is 385 g/mol. The number of rotatable bonds is 8. The summed E-state index contributed by atoms with van der Waals surface area (Å²) >= 11 is 0. The Labute approximate surface area is 163 Å². The maximum absolute atomic E-state index is 12.1. The van der Waals surface area contributed by atoms with E-state index in [0.29, 0.717) is 28.4 Å². The van der Waals surface area contributed by atoms with Crippen molar-refractivity contribution in [1.29, 1.82) is 0 Å². The first-order valence-electron chi connectivity index (χ1n) is 8.46. The van der Waals surface area contributed by atoms with Gasteiger partial charge >= 0.3 is 0 Å². The zero-order valence-corrected chi connectivity index (χ0v) is 16.2. The third-order valence-electron chi connectivity index (χ3n) is 3.89. The quantitative estimate of drug-likeness (QED) is 0.534. The lowest BCUT2D eigenvalue weighted by Gasteiger charge is -2.12. The molecule has 8 heteroatoms. The van der Waals surface area contributed by atoms with E-state index in [0.717, 1.165) is 5.56 Å². The molecule has 2 amide bonds. The van der Waals surface area contributed by atoms with Crippen LogP contribution < -0.4 is 25.0 Å². The largest absolute Gasteiger partial charge is 0.493 e. The number of nitrogens with one attached hydrogen (secondary N) is 2. The number of hydrogen-bond donors (Lipinski definition) is 2. The smallest absolute Gasteiger partial charge is 0.259 e. The van der Waals surface area contributed by atoms with Gasteiger partial charge in [-0.3, -0.25) is 9.59 Å². The van der Waals surface area contributed by atoms with E-state index in [9.17, 15) is 9.59 Å². The van der Waals surface area contributed by atoms with Crippen LogP contribution in [0.2, 0.25) is 0 Å². The number of nitrogens with zero attached hydrogens (tertiary/aromatic N) is 1. The predicted octanol–water partition coefficient (Wildman–Crippen LogP) is 1.90. The summed E-state index contributed by atoms with van der Waals surface area (Å²) < 4.78 is 15.8. The van der Waals surface area contributed by atoms with Crippen LogP contribution in [0.5, 0.6) is 17.2 Å². The molecule has 148 valence electrons. The molecule has 0 saturated heterocycles. The fraction of sp³-hybridized carbons (Fsp3) is 0.250. The first kappa shape index (κ1) is 20.8. The van der Waals surface area contributed by atoms with E-state index in [2.05, 4.69) is 15.8 Å². The molecule has 0 aliphatic heterocycles. The van der Waals surface area contributed by atoms with Gasteiger partial charge in [0.25, 0.3) is 11.8 Å². The highest BCUT2D eigenvalue weighted by atomic mass is 16.5. The van der Waals surface area contributed by atoms with E-state index in [1.54, 1.807) is 24.3 Å². The summed E-state index contributed by atoms with van der Waals surface area (Å²) in [5, 5.41) is 6.45. The Bertz CT molecular complexity index is 855. The highest BCUT2D eigenvalue weighted by Gasteiger charge is 2.12. The van der Waals surface area contributed by atoms with Crippen LogP contribution in [0.1, 0.15) is 21.5 Å². The van der Waals surface area contributed by atoms with E-state index >= 15 is 0 Å². The first-order valence-corrected chi connectivity index (χ1v) is 8.46. The van der Waals surface area contributed by atoms with Gasteiger partial charge in [0.2, 0.25) is 5.75 Å². The molecular formula is C20H23N3O5. The molecule has 8 nitrogen and oxygen atoms in total. The average Bonchev–Trinajstić information content (AvgIpc) is 2.71. The van der Waals surface area contributed by atoms with Crippen molar-refractivity contribution in [3.8, 4) is 17.2 Å². The molecule has 0 aliphatic rings. The van der Waals surface area contributed by atoms with Crippen molar-refractivity contribution < 1.29 is 23.8 Å². The van der Waals surface area contributed by atoms with Gasteiger partial charge < -0.3 is 19.5 Å². The van der Waals surface area contributed by atoms with Crippen molar-refractivity contribution in [1.82, 2.24) is 10.7 Å². The number of benzene rings is 2. The van der Waals surface area contributed by atoms with Gasteiger partial charge in [-0.25, -0.2) is 5.43 Å². The molecule has 2 rings (SSSR count). The molecule has 0 aliphatic carbocycles. The number of carbonyl (C=O) groups is 2. The highest BCUT2D eigenvalue weighted by Crippen LogP contribution is 2.37. The lowest BCUT2D eigenvalue weighted by atomic mass is 10.1. The second kappa shape index (κ2) is 9.96. The lowest BCUT2D eigenvalue weighted by Crippen LogP contribution is -2.35. The molecule has 2 aromatic carbocycles. The zero-order chi connectivity index (χ0) is 20.5. The number of methoxy groups -OCH3 is 3. The van der Waals surface area contributed by atoms with Gasteiger partial charge in [0, 0.05) is 11.1 Å². The molecule has 0 saturated carbocycles. The minimum atomic E-state index is -0.453. The minimum Gasteiger partial charge on any atom is -0.493 e. The van der Waals surface area contributed by atoms with Crippen molar-refractivity contribution in [2.45, 2.75) is 6.92 Å². The van der Waals surface area contributed by atoms with Crippen molar-refractivity contribution in [3.05, 3.63) is 53.1 Å². The highest BCUT2D eigenvalue weighted by molar-refractivity contribution is 5.97. The van der Waals surface area contributed by atoms with Crippen LogP contribution in [0, 0.1) is 6.92 Å². The Morgan fingerprint density at radius 2 is 1.68 bits per heavy atom. The molecular weight excluding hydrogens is 362 g/mol. The van der Waals surface area contributed by atoms with Gasteiger partial charge in [-0.05, 0) is 30.7 Å². The van der Waals surface area contributed by atoms with Crippen molar-refractivity contribution >= 4 is 18.0 Å². The molecule has 0 unspecified atom stereocenters. The monoisotopic (exact) mass is 385 g/mol. The van der Waals surface area contributed by atoms with E-state index in [-0.39, 0.29) is 12.5 Å². The maximum Gasteiger partial charge on any atom is 0.259 e.